The summed E-state index contributed by atoms with van der Waals surface area (Å²) in [5.74, 6) is 0. The largest absolute Gasteiger partial charge is 0.396 e. The normalized spacial score (nSPS) is 13.9. The number of ether oxygens (including phenoxy) is 5. The predicted octanol–water partition coefficient (Wildman–Crippen LogP) is 1.39. The Hall–Kier alpha value is -0.280. The lowest BCUT2D eigenvalue weighted by Gasteiger charge is -2.21. The molecule has 2 N–H and O–H groups in total. The molecular formula is C18H38O7. The highest BCUT2D eigenvalue weighted by molar-refractivity contribution is 4.60. The van der Waals surface area contributed by atoms with Crippen LogP contribution in [0.25, 0.3) is 0 Å². The van der Waals surface area contributed by atoms with E-state index < -0.39 is 0 Å². The molecule has 7 nitrogen and oxygen atoms in total. The second kappa shape index (κ2) is 20.0. The molecule has 152 valence electrons. The Morgan fingerprint density at radius 2 is 1.16 bits per heavy atom. The summed E-state index contributed by atoms with van der Waals surface area (Å²) in [6, 6.07) is 0. The monoisotopic (exact) mass is 366 g/mol. The van der Waals surface area contributed by atoms with Crippen LogP contribution in [0, 0.1) is 0 Å². The highest BCUT2D eigenvalue weighted by Crippen LogP contribution is 2.02. The lowest BCUT2D eigenvalue weighted by atomic mass is 10.3. The summed E-state index contributed by atoms with van der Waals surface area (Å²) < 4.78 is 28.1. The third-order valence-corrected chi connectivity index (χ3v) is 3.36. The fourth-order valence-electron chi connectivity index (χ4n) is 2.01. The Labute approximate surface area is 152 Å². The molecule has 0 saturated carbocycles. The topological polar surface area (TPSA) is 86.6 Å². The van der Waals surface area contributed by atoms with Gasteiger partial charge in [0.1, 0.15) is 12.2 Å². The van der Waals surface area contributed by atoms with Crippen molar-refractivity contribution in [3.63, 3.8) is 0 Å². The lowest BCUT2D eigenvalue weighted by Crippen LogP contribution is -2.31. The van der Waals surface area contributed by atoms with Gasteiger partial charge in [-0.2, -0.15) is 0 Å². The molecule has 0 heterocycles. The van der Waals surface area contributed by atoms with Gasteiger partial charge in [0.25, 0.3) is 0 Å². The van der Waals surface area contributed by atoms with Crippen molar-refractivity contribution in [3.05, 3.63) is 0 Å². The molecule has 2 atom stereocenters. The van der Waals surface area contributed by atoms with Crippen molar-refractivity contribution >= 4 is 0 Å². The molecule has 0 aliphatic carbocycles. The van der Waals surface area contributed by atoms with Crippen LogP contribution in [0.1, 0.15) is 39.5 Å². The molecule has 0 saturated heterocycles. The van der Waals surface area contributed by atoms with Crippen molar-refractivity contribution in [1.82, 2.24) is 0 Å². The minimum absolute atomic E-state index is 0.122. The quantitative estimate of drug-likeness (QED) is 0.315. The summed E-state index contributed by atoms with van der Waals surface area (Å²) in [7, 11) is 0. The predicted molar refractivity (Wildman–Crippen MR) is 95.9 cm³/mol. The molecular weight excluding hydrogens is 328 g/mol. The third kappa shape index (κ3) is 16.9. The zero-order chi connectivity index (χ0) is 18.6. The summed E-state index contributed by atoms with van der Waals surface area (Å²) in [6.45, 7) is 8.39. The van der Waals surface area contributed by atoms with E-state index in [-0.39, 0.29) is 25.4 Å². The summed E-state index contributed by atoms with van der Waals surface area (Å²) >= 11 is 0. The van der Waals surface area contributed by atoms with Gasteiger partial charge in [-0.15, -0.1) is 0 Å². The highest BCUT2D eigenvalue weighted by Gasteiger charge is 2.14. The average Bonchev–Trinajstić information content (AvgIpc) is 2.62. The van der Waals surface area contributed by atoms with Crippen LogP contribution in [-0.4, -0.2) is 88.5 Å². The van der Waals surface area contributed by atoms with Crippen LogP contribution in [0.4, 0.5) is 0 Å². The van der Waals surface area contributed by atoms with Crippen molar-refractivity contribution in [1.29, 1.82) is 0 Å². The molecule has 0 aromatic heterocycles. The molecule has 0 aliphatic rings. The number of rotatable bonds is 20. The maximum Gasteiger partial charge on any atom is 0.104 e. The van der Waals surface area contributed by atoms with E-state index in [0.29, 0.717) is 65.7 Å². The standard InChI is InChI=1S/C18H38O7/c1-3-5-12-25-18(14-22-11-7-9-20)16-23-15-17(24-4-2)13-21-10-6-8-19/h17-20H,3-16H2,1-2H3. The second-order valence-corrected chi connectivity index (χ2v) is 5.77. The van der Waals surface area contributed by atoms with Crippen LogP contribution in [0.5, 0.6) is 0 Å². The van der Waals surface area contributed by atoms with Gasteiger partial charge in [-0.25, -0.2) is 0 Å². The maximum atomic E-state index is 8.79. The zero-order valence-electron chi connectivity index (χ0n) is 16.0. The number of unbranched alkanes of at least 4 members (excludes halogenated alkanes) is 1. The molecule has 0 amide bonds. The van der Waals surface area contributed by atoms with Gasteiger partial charge >= 0.3 is 0 Å². The van der Waals surface area contributed by atoms with Crippen LogP contribution < -0.4 is 0 Å². The average molecular weight is 366 g/mol. The molecule has 7 heteroatoms. The summed E-state index contributed by atoms with van der Waals surface area (Å²) in [5, 5.41) is 17.5. The Kier molecular flexibility index (Phi) is 19.8. The van der Waals surface area contributed by atoms with E-state index in [4.69, 9.17) is 33.9 Å². The first kappa shape index (κ1) is 24.7. The Balaban J connectivity index is 4.04. The van der Waals surface area contributed by atoms with Gasteiger partial charge < -0.3 is 33.9 Å². The van der Waals surface area contributed by atoms with Crippen LogP contribution in [0.2, 0.25) is 0 Å². The van der Waals surface area contributed by atoms with Crippen LogP contribution in [-0.2, 0) is 23.7 Å². The van der Waals surface area contributed by atoms with Gasteiger partial charge in [-0.1, -0.05) is 13.3 Å². The zero-order valence-corrected chi connectivity index (χ0v) is 16.0. The maximum absolute atomic E-state index is 8.79. The minimum Gasteiger partial charge on any atom is -0.396 e. The summed E-state index contributed by atoms with van der Waals surface area (Å²) in [5.41, 5.74) is 0. The number of aliphatic hydroxyl groups excluding tert-OH is 2. The van der Waals surface area contributed by atoms with Crippen LogP contribution >= 0.6 is 0 Å². The Morgan fingerprint density at radius 1 is 0.640 bits per heavy atom. The van der Waals surface area contributed by atoms with E-state index in [2.05, 4.69) is 6.92 Å². The molecule has 0 aromatic rings. The van der Waals surface area contributed by atoms with E-state index in [1.54, 1.807) is 0 Å². The van der Waals surface area contributed by atoms with Crippen molar-refractivity contribution in [2.45, 2.75) is 51.7 Å². The number of hydrogen-bond acceptors (Lipinski definition) is 7. The number of aliphatic hydroxyl groups is 2. The Bertz CT molecular complexity index is 254. The lowest BCUT2D eigenvalue weighted by molar-refractivity contribution is -0.0943. The second-order valence-electron chi connectivity index (χ2n) is 5.77. The highest BCUT2D eigenvalue weighted by atomic mass is 16.6. The summed E-state index contributed by atoms with van der Waals surface area (Å²) in [6.07, 6.45) is 3.08. The molecule has 0 aliphatic heterocycles. The van der Waals surface area contributed by atoms with Gasteiger partial charge in [-0.3, -0.25) is 0 Å². The first-order chi connectivity index (χ1) is 12.3. The third-order valence-electron chi connectivity index (χ3n) is 3.36. The molecule has 2 unspecified atom stereocenters. The SMILES string of the molecule is CCCCOC(COCCCO)COCC(COCCCO)OCC. The van der Waals surface area contributed by atoms with E-state index >= 15 is 0 Å². The van der Waals surface area contributed by atoms with Crippen molar-refractivity contribution in [2.75, 3.05) is 66.1 Å². The first-order valence-electron chi connectivity index (χ1n) is 9.46. The van der Waals surface area contributed by atoms with Crippen LogP contribution in [0.3, 0.4) is 0 Å². The summed E-state index contributed by atoms with van der Waals surface area (Å²) in [4.78, 5) is 0. The van der Waals surface area contributed by atoms with Gasteiger partial charge in [0, 0.05) is 39.6 Å². The molecule has 0 fully saturated rings. The van der Waals surface area contributed by atoms with Crippen molar-refractivity contribution < 1.29 is 33.9 Å². The van der Waals surface area contributed by atoms with Gasteiger partial charge in [-0.05, 0) is 26.2 Å². The first-order valence-corrected chi connectivity index (χ1v) is 9.46. The van der Waals surface area contributed by atoms with Gasteiger partial charge in [0.05, 0.1) is 26.4 Å². The molecule has 0 bridgehead atoms. The van der Waals surface area contributed by atoms with Crippen molar-refractivity contribution in [3.8, 4) is 0 Å². The fourth-order valence-corrected chi connectivity index (χ4v) is 2.01. The molecule has 0 radical (unpaired) electrons. The molecule has 0 rings (SSSR count). The van der Waals surface area contributed by atoms with E-state index in [1.165, 1.54) is 0 Å². The minimum atomic E-state index is -0.129. The van der Waals surface area contributed by atoms with Crippen LogP contribution in [0.15, 0.2) is 0 Å². The van der Waals surface area contributed by atoms with Gasteiger partial charge in [0.15, 0.2) is 0 Å². The number of hydrogen-bond donors (Lipinski definition) is 2. The van der Waals surface area contributed by atoms with E-state index in [0.717, 1.165) is 12.8 Å². The molecule has 25 heavy (non-hydrogen) atoms. The fraction of sp³-hybridized carbons (Fsp3) is 1.00. The van der Waals surface area contributed by atoms with Gasteiger partial charge in [0.2, 0.25) is 0 Å². The Morgan fingerprint density at radius 3 is 1.64 bits per heavy atom. The molecule has 0 spiro atoms. The smallest absolute Gasteiger partial charge is 0.104 e. The molecule has 0 aromatic carbocycles. The van der Waals surface area contributed by atoms with Crippen molar-refractivity contribution in [2.24, 2.45) is 0 Å². The van der Waals surface area contributed by atoms with E-state index in [9.17, 15) is 0 Å². The van der Waals surface area contributed by atoms with E-state index in [1.807, 2.05) is 6.92 Å².